The van der Waals surface area contributed by atoms with E-state index in [1.807, 2.05) is 32.2 Å². The number of halogens is 2. The summed E-state index contributed by atoms with van der Waals surface area (Å²) in [5.41, 5.74) is 9.70. The molecule has 0 spiro atoms. The molecule has 0 atom stereocenters. The van der Waals surface area contributed by atoms with E-state index in [0.29, 0.717) is 17.1 Å². The zero-order chi connectivity index (χ0) is 20.3. The van der Waals surface area contributed by atoms with E-state index >= 15 is 0 Å². The Labute approximate surface area is 167 Å². The van der Waals surface area contributed by atoms with Gasteiger partial charge in [0, 0.05) is 29.7 Å². The highest BCUT2D eigenvalue weighted by molar-refractivity contribution is 6.30. The lowest BCUT2D eigenvalue weighted by Crippen LogP contribution is -2.19. The molecule has 0 saturated heterocycles. The van der Waals surface area contributed by atoms with Gasteiger partial charge in [0.15, 0.2) is 0 Å². The largest absolute Gasteiger partial charge is 0.338 e. The van der Waals surface area contributed by atoms with Crippen LogP contribution in [0, 0.1) is 12.7 Å². The number of hydrogen-bond acceptors (Lipinski definition) is 4. The van der Waals surface area contributed by atoms with Crippen LogP contribution in [0.1, 0.15) is 16.7 Å². The van der Waals surface area contributed by atoms with Gasteiger partial charge in [-0.15, -0.1) is 0 Å². The first-order chi connectivity index (χ1) is 13.4. The molecule has 0 radical (unpaired) electrons. The molecular weight excluding hydrogens is 381 g/mol. The van der Waals surface area contributed by atoms with E-state index in [4.69, 9.17) is 17.3 Å². The van der Waals surface area contributed by atoms with E-state index in [1.54, 1.807) is 27.9 Å². The number of hydrogen-bond donors (Lipinski definition) is 2. The number of amides is 1. The summed E-state index contributed by atoms with van der Waals surface area (Å²) in [6, 6.07) is 10.5. The number of carbonyl (C=O) groups excluding carboxylic acids is 1. The van der Waals surface area contributed by atoms with Crippen LogP contribution in [0.15, 0.2) is 42.6 Å². The van der Waals surface area contributed by atoms with E-state index in [-0.39, 0.29) is 12.4 Å². The molecule has 1 aliphatic rings. The molecule has 1 aliphatic heterocycles. The number of nitrogens with zero attached hydrogens (tertiary/aromatic N) is 3. The molecule has 2 heterocycles. The number of aryl methyl sites for hydroxylation is 2. The van der Waals surface area contributed by atoms with Gasteiger partial charge >= 0.3 is 0 Å². The second kappa shape index (κ2) is 8.41. The van der Waals surface area contributed by atoms with Crippen LogP contribution in [0.2, 0.25) is 5.02 Å². The molecule has 3 aromatic rings. The highest BCUT2D eigenvalue weighted by atomic mass is 35.5. The lowest BCUT2D eigenvalue weighted by atomic mass is 10.2. The molecule has 0 saturated carbocycles. The van der Waals surface area contributed by atoms with E-state index in [9.17, 15) is 9.18 Å². The minimum absolute atomic E-state index is 0.211. The molecule has 8 heteroatoms. The van der Waals surface area contributed by atoms with Crippen molar-refractivity contribution >= 4 is 35.2 Å². The molecule has 4 rings (SSSR count). The van der Waals surface area contributed by atoms with Crippen molar-refractivity contribution < 1.29 is 9.18 Å². The van der Waals surface area contributed by atoms with Crippen molar-refractivity contribution in [3.63, 3.8) is 0 Å². The Hall–Kier alpha value is -2.90. The smallest absolute Gasteiger partial charge is 0.214 e. The van der Waals surface area contributed by atoms with Gasteiger partial charge in [0.2, 0.25) is 6.41 Å². The molecule has 28 heavy (non-hydrogen) atoms. The topological polar surface area (TPSA) is 76.2 Å². The minimum atomic E-state index is -0.338. The van der Waals surface area contributed by atoms with Gasteiger partial charge in [0.05, 0.1) is 24.1 Å². The Morgan fingerprint density at radius 1 is 1.32 bits per heavy atom. The maximum absolute atomic E-state index is 12.7. The molecule has 0 fully saturated rings. The molecule has 0 bridgehead atoms. The fourth-order valence-electron chi connectivity index (χ4n) is 2.94. The number of carbonyl (C=O) groups is 1. The first-order valence-electron chi connectivity index (χ1n) is 8.67. The normalized spacial score (nSPS) is 12.1. The van der Waals surface area contributed by atoms with Gasteiger partial charge in [-0.1, -0.05) is 23.7 Å². The van der Waals surface area contributed by atoms with Crippen LogP contribution in [0.3, 0.4) is 0 Å². The number of anilines is 3. The van der Waals surface area contributed by atoms with Crippen LogP contribution in [0.5, 0.6) is 0 Å². The zero-order valence-corrected chi connectivity index (χ0v) is 16.4. The quantitative estimate of drug-likeness (QED) is 0.639. The van der Waals surface area contributed by atoms with Crippen molar-refractivity contribution in [1.29, 1.82) is 0 Å². The molecule has 3 N–H and O–H groups in total. The molecule has 2 aromatic carbocycles. The van der Waals surface area contributed by atoms with Crippen molar-refractivity contribution in [2.24, 2.45) is 12.8 Å². The Balaban J connectivity index is 0.000000192. The maximum Gasteiger partial charge on any atom is 0.214 e. The summed E-state index contributed by atoms with van der Waals surface area (Å²) in [5, 5.41) is 7.97. The van der Waals surface area contributed by atoms with E-state index in [0.717, 1.165) is 34.7 Å². The second-order valence-corrected chi connectivity index (χ2v) is 6.90. The molecule has 146 valence electrons. The summed E-state index contributed by atoms with van der Waals surface area (Å²) in [6.07, 6.45) is 2.65. The molecule has 0 unspecified atom stereocenters. The average Bonchev–Trinajstić information content (AvgIpc) is 2.92. The fraction of sp³-hybridized carbons (Fsp3) is 0.200. The molecular formula is C20H21ClFN5O. The first kappa shape index (κ1) is 19.9. The van der Waals surface area contributed by atoms with Crippen LogP contribution >= 0.6 is 11.6 Å². The number of benzene rings is 2. The number of nitrogens with one attached hydrogen (secondary N) is 1. The molecule has 1 amide bonds. The Morgan fingerprint density at radius 2 is 2.11 bits per heavy atom. The summed E-state index contributed by atoms with van der Waals surface area (Å²) in [7, 11) is 1.89. The van der Waals surface area contributed by atoms with Crippen LogP contribution in [-0.2, 0) is 24.9 Å². The highest BCUT2D eigenvalue weighted by Crippen LogP contribution is 2.35. The molecule has 0 aliphatic carbocycles. The van der Waals surface area contributed by atoms with Gasteiger partial charge in [-0.05, 0) is 36.8 Å². The van der Waals surface area contributed by atoms with E-state index in [1.165, 1.54) is 6.07 Å². The lowest BCUT2D eigenvalue weighted by Gasteiger charge is -2.17. The van der Waals surface area contributed by atoms with Crippen molar-refractivity contribution in [3.05, 3.63) is 70.1 Å². The van der Waals surface area contributed by atoms with Crippen molar-refractivity contribution in [1.82, 2.24) is 9.78 Å². The third-order valence-electron chi connectivity index (χ3n) is 4.43. The van der Waals surface area contributed by atoms with Gasteiger partial charge in [-0.2, -0.15) is 5.10 Å². The molecule has 1 aromatic heterocycles. The SMILES string of the molecule is Cc1ccc2c(c1)Nc1c(cnn1C)CN2C=O.NCc1ccc(Cl)cc1F. The Kier molecular flexibility index (Phi) is 5.96. The summed E-state index contributed by atoms with van der Waals surface area (Å²) in [4.78, 5) is 12.9. The van der Waals surface area contributed by atoms with Gasteiger partial charge in [0.1, 0.15) is 11.6 Å². The first-order valence-corrected chi connectivity index (χ1v) is 9.05. The van der Waals surface area contributed by atoms with E-state index in [2.05, 4.69) is 10.4 Å². The van der Waals surface area contributed by atoms with Crippen molar-refractivity contribution in [2.75, 3.05) is 10.2 Å². The van der Waals surface area contributed by atoms with Crippen LogP contribution < -0.4 is 16.0 Å². The minimum Gasteiger partial charge on any atom is -0.338 e. The zero-order valence-electron chi connectivity index (χ0n) is 15.6. The average molecular weight is 402 g/mol. The fourth-order valence-corrected chi connectivity index (χ4v) is 3.10. The third kappa shape index (κ3) is 4.16. The number of rotatable bonds is 2. The van der Waals surface area contributed by atoms with Gasteiger partial charge < -0.3 is 16.0 Å². The predicted octanol–water partition coefficient (Wildman–Crippen LogP) is 3.89. The van der Waals surface area contributed by atoms with Crippen LogP contribution in [0.25, 0.3) is 0 Å². The van der Waals surface area contributed by atoms with Gasteiger partial charge in [-0.25, -0.2) is 4.39 Å². The van der Waals surface area contributed by atoms with Crippen molar-refractivity contribution in [3.8, 4) is 0 Å². The van der Waals surface area contributed by atoms with Gasteiger partial charge in [-0.3, -0.25) is 9.48 Å². The lowest BCUT2D eigenvalue weighted by molar-refractivity contribution is -0.107. The second-order valence-electron chi connectivity index (χ2n) is 6.46. The standard InChI is InChI=1S/C13H14N4O.C7H7ClFN/c1-9-3-4-12-11(5-9)15-13-10(6-14-16(13)2)7-17(12)8-18;8-6-2-1-5(4-10)7(9)3-6/h3-6,8,15H,7H2,1-2H3;1-3H,4,10H2. The number of nitrogens with two attached hydrogens (primary N) is 1. The summed E-state index contributed by atoms with van der Waals surface area (Å²) in [6.45, 7) is 2.78. The van der Waals surface area contributed by atoms with Crippen molar-refractivity contribution in [2.45, 2.75) is 20.0 Å². The maximum atomic E-state index is 12.7. The monoisotopic (exact) mass is 401 g/mol. The predicted molar refractivity (Wildman–Crippen MR) is 109 cm³/mol. The van der Waals surface area contributed by atoms with Crippen LogP contribution in [0.4, 0.5) is 21.6 Å². The van der Waals surface area contributed by atoms with E-state index < -0.39 is 0 Å². The summed E-state index contributed by atoms with van der Waals surface area (Å²) < 4.78 is 14.5. The highest BCUT2D eigenvalue weighted by Gasteiger charge is 2.21. The number of fused-ring (bicyclic) bond motifs is 2. The number of aromatic nitrogens is 2. The summed E-state index contributed by atoms with van der Waals surface area (Å²) in [5.74, 6) is 0.598. The van der Waals surface area contributed by atoms with Gasteiger partial charge in [0.25, 0.3) is 0 Å². The summed E-state index contributed by atoms with van der Waals surface area (Å²) >= 11 is 5.49. The molecule has 6 nitrogen and oxygen atoms in total. The Morgan fingerprint density at radius 3 is 2.79 bits per heavy atom. The van der Waals surface area contributed by atoms with Crippen LogP contribution in [-0.4, -0.2) is 16.2 Å². The third-order valence-corrected chi connectivity index (χ3v) is 4.67. The Bertz CT molecular complexity index is 1000.